The summed E-state index contributed by atoms with van der Waals surface area (Å²) in [5.74, 6) is -3.93. The van der Waals surface area contributed by atoms with Crippen molar-refractivity contribution in [3.63, 3.8) is 0 Å². The number of nitrogens with one attached hydrogen (secondary N) is 2. The van der Waals surface area contributed by atoms with Crippen molar-refractivity contribution in [1.29, 1.82) is 0 Å². The highest BCUT2D eigenvalue weighted by Gasteiger charge is 2.40. The Kier molecular flexibility index (Phi) is 4.32. The third-order valence-electron chi connectivity index (χ3n) is 3.60. The summed E-state index contributed by atoms with van der Waals surface area (Å²) in [7, 11) is 0. The van der Waals surface area contributed by atoms with Gasteiger partial charge in [0.15, 0.2) is 11.6 Å². The molecule has 6 heteroatoms. The highest BCUT2D eigenvalue weighted by atomic mass is 19.2. The van der Waals surface area contributed by atoms with Crippen molar-refractivity contribution in [2.75, 3.05) is 11.9 Å². The monoisotopic (exact) mass is 286 g/mol. The molecule has 1 aromatic rings. The third-order valence-corrected chi connectivity index (χ3v) is 3.60. The van der Waals surface area contributed by atoms with E-state index >= 15 is 0 Å². The molecule has 1 saturated heterocycles. The Labute approximate surface area is 115 Å². The summed E-state index contributed by atoms with van der Waals surface area (Å²) in [6, 6.07) is 1.23. The standard InChI is InChI=1S/C14H17F3N2O/c1-2-4-14(5-3-6-18-14)13(20)19-11-8-9(15)7-10(16)12(11)17/h7-8,18H,2-6H2,1H3,(H,19,20). The molecule has 0 aliphatic carbocycles. The Bertz CT molecular complexity index is 513. The number of carbonyl (C=O) groups is 1. The van der Waals surface area contributed by atoms with Gasteiger partial charge in [0.1, 0.15) is 5.82 Å². The zero-order valence-corrected chi connectivity index (χ0v) is 11.2. The second-order valence-corrected chi connectivity index (χ2v) is 5.07. The van der Waals surface area contributed by atoms with Crippen molar-refractivity contribution in [2.24, 2.45) is 0 Å². The summed E-state index contributed by atoms with van der Waals surface area (Å²) in [6.07, 6.45) is 2.85. The van der Waals surface area contributed by atoms with Crippen LogP contribution in [0.4, 0.5) is 18.9 Å². The summed E-state index contributed by atoms with van der Waals surface area (Å²) in [4.78, 5) is 12.3. The molecule has 1 aromatic carbocycles. The zero-order valence-electron chi connectivity index (χ0n) is 11.2. The molecule has 1 heterocycles. The van der Waals surface area contributed by atoms with Gasteiger partial charge < -0.3 is 10.6 Å². The lowest BCUT2D eigenvalue weighted by atomic mass is 9.90. The number of amides is 1. The van der Waals surface area contributed by atoms with Gasteiger partial charge in [0.2, 0.25) is 5.91 Å². The maximum atomic E-state index is 13.6. The van der Waals surface area contributed by atoms with Crippen molar-refractivity contribution >= 4 is 11.6 Å². The molecule has 0 aromatic heterocycles. The van der Waals surface area contributed by atoms with Crippen molar-refractivity contribution in [2.45, 2.75) is 38.1 Å². The molecule has 1 aliphatic heterocycles. The Morgan fingerprint density at radius 1 is 1.40 bits per heavy atom. The minimum absolute atomic E-state index is 0.444. The van der Waals surface area contributed by atoms with Gasteiger partial charge in [0.05, 0.1) is 11.2 Å². The van der Waals surface area contributed by atoms with Crippen LogP contribution < -0.4 is 10.6 Å². The minimum Gasteiger partial charge on any atom is -0.322 e. The Morgan fingerprint density at radius 2 is 2.15 bits per heavy atom. The van der Waals surface area contributed by atoms with Gasteiger partial charge in [0.25, 0.3) is 0 Å². The second-order valence-electron chi connectivity index (χ2n) is 5.07. The molecule has 110 valence electrons. The van der Waals surface area contributed by atoms with Crippen LogP contribution in [0.5, 0.6) is 0 Å². The SMILES string of the molecule is CCCC1(C(=O)Nc2cc(F)cc(F)c2F)CCCN1. The molecule has 1 aliphatic rings. The van der Waals surface area contributed by atoms with Gasteiger partial charge >= 0.3 is 0 Å². The second kappa shape index (κ2) is 5.83. The van der Waals surface area contributed by atoms with Crippen LogP contribution >= 0.6 is 0 Å². The summed E-state index contributed by atoms with van der Waals surface area (Å²) in [5, 5.41) is 5.42. The smallest absolute Gasteiger partial charge is 0.244 e. The number of rotatable bonds is 4. The van der Waals surface area contributed by atoms with Crippen molar-refractivity contribution in [1.82, 2.24) is 5.32 Å². The number of hydrogen-bond acceptors (Lipinski definition) is 2. The fraction of sp³-hybridized carbons (Fsp3) is 0.500. The van der Waals surface area contributed by atoms with Gasteiger partial charge in [-0.3, -0.25) is 4.79 Å². The van der Waals surface area contributed by atoms with Crippen LogP contribution in [0.25, 0.3) is 0 Å². The molecule has 1 atom stereocenters. The molecule has 0 spiro atoms. The number of anilines is 1. The van der Waals surface area contributed by atoms with E-state index < -0.39 is 34.6 Å². The molecule has 0 radical (unpaired) electrons. The van der Waals surface area contributed by atoms with Gasteiger partial charge in [-0.1, -0.05) is 13.3 Å². The number of carbonyl (C=O) groups excluding carboxylic acids is 1. The van der Waals surface area contributed by atoms with Gasteiger partial charge in [-0.25, -0.2) is 13.2 Å². The van der Waals surface area contributed by atoms with Crippen LogP contribution in [-0.4, -0.2) is 18.0 Å². The van der Waals surface area contributed by atoms with E-state index in [9.17, 15) is 18.0 Å². The van der Waals surface area contributed by atoms with Crippen LogP contribution in [0.15, 0.2) is 12.1 Å². The molecule has 0 saturated carbocycles. The van der Waals surface area contributed by atoms with E-state index in [2.05, 4.69) is 10.6 Å². The first-order chi connectivity index (χ1) is 9.48. The van der Waals surface area contributed by atoms with Crippen LogP contribution in [0, 0.1) is 17.5 Å². The molecular weight excluding hydrogens is 269 g/mol. The Balaban J connectivity index is 2.23. The van der Waals surface area contributed by atoms with E-state index in [-0.39, 0.29) is 0 Å². The predicted octanol–water partition coefficient (Wildman–Crippen LogP) is 2.96. The lowest BCUT2D eigenvalue weighted by molar-refractivity contribution is -0.122. The zero-order chi connectivity index (χ0) is 14.8. The molecule has 0 bridgehead atoms. The molecule has 2 N–H and O–H groups in total. The Morgan fingerprint density at radius 3 is 2.75 bits per heavy atom. The molecule has 3 nitrogen and oxygen atoms in total. The first kappa shape index (κ1) is 14.8. The van der Waals surface area contributed by atoms with Gasteiger partial charge in [-0.15, -0.1) is 0 Å². The number of hydrogen-bond donors (Lipinski definition) is 2. The Hall–Kier alpha value is -1.56. The van der Waals surface area contributed by atoms with E-state index in [0.717, 1.165) is 18.9 Å². The van der Waals surface area contributed by atoms with E-state index in [1.165, 1.54) is 0 Å². The fourth-order valence-corrected chi connectivity index (χ4v) is 2.64. The van der Waals surface area contributed by atoms with Crippen molar-refractivity contribution in [3.8, 4) is 0 Å². The average molecular weight is 286 g/mol. The van der Waals surface area contributed by atoms with Gasteiger partial charge in [-0.2, -0.15) is 0 Å². The van der Waals surface area contributed by atoms with Gasteiger partial charge in [0, 0.05) is 12.1 Å². The molecule has 1 amide bonds. The van der Waals surface area contributed by atoms with Crippen molar-refractivity contribution in [3.05, 3.63) is 29.6 Å². The predicted molar refractivity (Wildman–Crippen MR) is 69.8 cm³/mol. The van der Waals surface area contributed by atoms with Crippen LogP contribution in [0.1, 0.15) is 32.6 Å². The lowest BCUT2D eigenvalue weighted by Crippen LogP contribution is -2.50. The first-order valence-corrected chi connectivity index (χ1v) is 6.69. The van der Waals surface area contributed by atoms with E-state index in [1.807, 2.05) is 6.92 Å². The molecular formula is C14H17F3N2O. The summed E-state index contributed by atoms with van der Waals surface area (Å²) < 4.78 is 39.8. The minimum atomic E-state index is -1.32. The molecule has 1 fully saturated rings. The van der Waals surface area contributed by atoms with E-state index in [0.29, 0.717) is 25.5 Å². The molecule has 2 rings (SSSR count). The topological polar surface area (TPSA) is 41.1 Å². The van der Waals surface area contributed by atoms with E-state index in [1.54, 1.807) is 0 Å². The highest BCUT2D eigenvalue weighted by molar-refractivity contribution is 5.98. The lowest BCUT2D eigenvalue weighted by Gasteiger charge is -2.28. The van der Waals surface area contributed by atoms with Crippen LogP contribution in [0.2, 0.25) is 0 Å². The fourth-order valence-electron chi connectivity index (χ4n) is 2.64. The van der Waals surface area contributed by atoms with Crippen molar-refractivity contribution < 1.29 is 18.0 Å². The van der Waals surface area contributed by atoms with Crippen LogP contribution in [-0.2, 0) is 4.79 Å². The highest BCUT2D eigenvalue weighted by Crippen LogP contribution is 2.27. The normalized spacial score (nSPS) is 22.0. The first-order valence-electron chi connectivity index (χ1n) is 6.69. The summed E-state index contributed by atoms with van der Waals surface area (Å²) in [6.45, 7) is 2.64. The molecule has 20 heavy (non-hydrogen) atoms. The van der Waals surface area contributed by atoms with Gasteiger partial charge in [-0.05, 0) is 25.8 Å². The van der Waals surface area contributed by atoms with Crippen LogP contribution in [0.3, 0.4) is 0 Å². The third kappa shape index (κ3) is 2.80. The maximum Gasteiger partial charge on any atom is 0.244 e. The summed E-state index contributed by atoms with van der Waals surface area (Å²) >= 11 is 0. The van der Waals surface area contributed by atoms with E-state index in [4.69, 9.17) is 0 Å². The number of halogens is 3. The quantitative estimate of drug-likeness (QED) is 0.836. The maximum absolute atomic E-state index is 13.6. The number of benzene rings is 1. The molecule has 1 unspecified atom stereocenters. The largest absolute Gasteiger partial charge is 0.322 e. The average Bonchev–Trinajstić information content (AvgIpc) is 2.85. The summed E-state index contributed by atoms with van der Waals surface area (Å²) in [5.41, 5.74) is -1.24.